The summed E-state index contributed by atoms with van der Waals surface area (Å²) in [5.41, 5.74) is 2.64. The van der Waals surface area contributed by atoms with Gasteiger partial charge in [-0.1, -0.05) is 0 Å². The number of hydrogen-bond donors (Lipinski definition) is 1. The first-order valence-corrected chi connectivity index (χ1v) is 13.4. The van der Waals surface area contributed by atoms with Crippen LogP contribution in [-0.2, 0) is 11.2 Å². The molecule has 0 bridgehead atoms. The van der Waals surface area contributed by atoms with E-state index in [1.54, 1.807) is 14.2 Å². The maximum atomic E-state index is 13.2. The fraction of sp³-hybridized carbons (Fsp3) is 0.500. The average molecular weight is 521 g/mol. The van der Waals surface area contributed by atoms with Crippen molar-refractivity contribution in [3.05, 3.63) is 53.1 Å². The molecule has 1 N–H and O–H groups in total. The summed E-state index contributed by atoms with van der Waals surface area (Å²) in [6, 6.07) is 11.9. The Labute approximate surface area is 203 Å². The van der Waals surface area contributed by atoms with Gasteiger partial charge in [0.25, 0.3) is 0 Å². The predicted octanol–water partition coefficient (Wildman–Crippen LogP) is 4.43. The van der Waals surface area contributed by atoms with Crippen molar-refractivity contribution in [2.24, 2.45) is 0 Å². The molecule has 0 radical (unpaired) electrons. The van der Waals surface area contributed by atoms with Crippen LogP contribution in [0, 0.1) is 0 Å². The van der Waals surface area contributed by atoms with Gasteiger partial charge in [0, 0.05) is 0 Å². The normalized spacial score (nSPS) is 16.7. The second kappa shape index (κ2) is 10.8. The molecular formula is C26H35NO5Se. The summed E-state index contributed by atoms with van der Waals surface area (Å²) >= 11 is 0.0411. The molecule has 180 valence electrons. The van der Waals surface area contributed by atoms with Crippen LogP contribution in [-0.4, -0.2) is 57.4 Å². The molecule has 2 atom stereocenters. The van der Waals surface area contributed by atoms with Gasteiger partial charge in [0.05, 0.1) is 0 Å². The van der Waals surface area contributed by atoms with Gasteiger partial charge in [-0.05, 0) is 0 Å². The fourth-order valence-corrected chi connectivity index (χ4v) is 6.63. The zero-order chi connectivity index (χ0) is 24.2. The number of carbonyl (C=O) groups excluding carboxylic acids is 1. The van der Waals surface area contributed by atoms with Crippen LogP contribution in [0.2, 0.25) is 5.32 Å². The van der Waals surface area contributed by atoms with Gasteiger partial charge >= 0.3 is 203 Å². The first-order valence-electron chi connectivity index (χ1n) is 11.3. The third-order valence-corrected chi connectivity index (χ3v) is 8.14. The maximum absolute atomic E-state index is 13.2. The van der Waals surface area contributed by atoms with Crippen molar-refractivity contribution in [3.8, 4) is 11.5 Å². The van der Waals surface area contributed by atoms with E-state index in [4.69, 9.17) is 14.2 Å². The van der Waals surface area contributed by atoms with Gasteiger partial charge in [0.1, 0.15) is 0 Å². The third kappa shape index (κ3) is 6.03. The summed E-state index contributed by atoms with van der Waals surface area (Å²) in [6.07, 6.45) is 0.614. The van der Waals surface area contributed by atoms with Crippen LogP contribution in [0.4, 0.5) is 4.79 Å². The van der Waals surface area contributed by atoms with Crippen LogP contribution in [0.25, 0.3) is 0 Å². The summed E-state index contributed by atoms with van der Waals surface area (Å²) < 4.78 is 18.0. The van der Waals surface area contributed by atoms with Crippen LogP contribution in [0.1, 0.15) is 63.0 Å². The first kappa shape index (κ1) is 25.4. The first-order chi connectivity index (χ1) is 15.7. The summed E-state index contributed by atoms with van der Waals surface area (Å²) in [6.45, 7) is 8.22. The summed E-state index contributed by atoms with van der Waals surface area (Å²) in [4.78, 5) is 15.0. The van der Waals surface area contributed by atoms with E-state index in [2.05, 4.69) is 6.07 Å². The van der Waals surface area contributed by atoms with Crippen molar-refractivity contribution in [3.63, 3.8) is 0 Å². The minimum atomic E-state index is -0.567. The molecule has 0 saturated heterocycles. The SMILES string of the molecule is CC[C@H](O)c1ccccc1[Se]C[C@H]1c2cc(OC)c(OC)cc2CCN1C(=O)OC(C)(C)C. The van der Waals surface area contributed by atoms with Crippen molar-refractivity contribution in [2.45, 2.75) is 63.6 Å². The molecule has 0 aromatic heterocycles. The molecule has 0 spiro atoms. The molecule has 3 rings (SSSR count). The molecule has 1 aliphatic rings. The van der Waals surface area contributed by atoms with Crippen LogP contribution < -0.4 is 13.9 Å². The second-order valence-corrected chi connectivity index (χ2v) is 11.3. The van der Waals surface area contributed by atoms with Gasteiger partial charge in [-0.15, -0.1) is 0 Å². The van der Waals surface area contributed by atoms with Crippen molar-refractivity contribution < 1.29 is 24.1 Å². The molecule has 1 aliphatic heterocycles. The minimum absolute atomic E-state index is 0.0411. The molecule has 6 nitrogen and oxygen atoms in total. The molecule has 7 heteroatoms. The number of fused-ring (bicyclic) bond motifs is 1. The summed E-state index contributed by atoms with van der Waals surface area (Å²) in [5, 5.41) is 11.3. The van der Waals surface area contributed by atoms with Gasteiger partial charge in [-0.2, -0.15) is 0 Å². The number of rotatable bonds is 7. The van der Waals surface area contributed by atoms with E-state index in [1.807, 2.05) is 62.9 Å². The van der Waals surface area contributed by atoms with E-state index in [1.165, 1.54) is 0 Å². The third-order valence-electron chi connectivity index (χ3n) is 5.69. The predicted molar refractivity (Wildman–Crippen MR) is 131 cm³/mol. The molecule has 33 heavy (non-hydrogen) atoms. The topological polar surface area (TPSA) is 68.2 Å². The molecule has 0 fully saturated rings. The monoisotopic (exact) mass is 521 g/mol. The molecule has 0 aliphatic carbocycles. The van der Waals surface area contributed by atoms with Gasteiger partial charge in [-0.25, -0.2) is 0 Å². The van der Waals surface area contributed by atoms with Crippen LogP contribution in [0.3, 0.4) is 0 Å². The molecule has 1 heterocycles. The number of methoxy groups -OCH3 is 2. The Balaban J connectivity index is 1.97. The zero-order valence-corrected chi connectivity index (χ0v) is 22.1. The van der Waals surface area contributed by atoms with Gasteiger partial charge < -0.3 is 0 Å². The molecule has 2 aromatic carbocycles. The Morgan fingerprint density at radius 1 is 1.18 bits per heavy atom. The van der Waals surface area contributed by atoms with E-state index in [0.29, 0.717) is 24.5 Å². The van der Waals surface area contributed by atoms with Crippen molar-refractivity contribution in [1.29, 1.82) is 0 Å². The molecular weight excluding hydrogens is 485 g/mol. The Bertz CT molecular complexity index is 972. The molecule has 0 unspecified atom stereocenters. The Hall–Kier alpha value is -2.21. The van der Waals surface area contributed by atoms with E-state index < -0.39 is 11.7 Å². The average Bonchev–Trinajstić information content (AvgIpc) is 2.79. The number of benzene rings is 2. The second-order valence-electron chi connectivity index (χ2n) is 9.12. The Morgan fingerprint density at radius 3 is 2.48 bits per heavy atom. The summed E-state index contributed by atoms with van der Waals surface area (Å²) in [5.74, 6) is 1.35. The molecule has 1 amide bonds. The van der Waals surface area contributed by atoms with Crippen molar-refractivity contribution in [1.82, 2.24) is 4.90 Å². The van der Waals surface area contributed by atoms with Gasteiger partial charge in [0.15, 0.2) is 0 Å². The van der Waals surface area contributed by atoms with E-state index in [9.17, 15) is 9.90 Å². The Morgan fingerprint density at radius 2 is 1.85 bits per heavy atom. The van der Waals surface area contributed by atoms with Crippen LogP contribution in [0.15, 0.2) is 36.4 Å². The zero-order valence-electron chi connectivity index (χ0n) is 20.4. The number of nitrogens with zero attached hydrogens (tertiary/aromatic N) is 1. The van der Waals surface area contributed by atoms with Crippen LogP contribution in [0.5, 0.6) is 11.5 Å². The Kier molecular flexibility index (Phi) is 8.33. The molecule has 2 aromatic rings. The van der Waals surface area contributed by atoms with Crippen LogP contribution >= 0.6 is 0 Å². The number of aliphatic hydroxyl groups excluding tert-OH is 1. The number of amides is 1. The van der Waals surface area contributed by atoms with E-state index in [0.717, 1.165) is 32.9 Å². The van der Waals surface area contributed by atoms with E-state index >= 15 is 0 Å². The van der Waals surface area contributed by atoms with Gasteiger partial charge in [-0.3, -0.25) is 0 Å². The van der Waals surface area contributed by atoms with Crippen molar-refractivity contribution in [2.75, 3.05) is 20.8 Å². The number of aliphatic hydroxyl groups is 1. The summed E-state index contributed by atoms with van der Waals surface area (Å²) in [7, 11) is 3.26. The van der Waals surface area contributed by atoms with Gasteiger partial charge in [0.2, 0.25) is 0 Å². The number of carbonyl (C=O) groups is 1. The van der Waals surface area contributed by atoms with Crippen molar-refractivity contribution >= 4 is 25.5 Å². The number of ether oxygens (including phenoxy) is 3. The standard InChI is InChI=1S/C26H35NO5Se/c1-7-21(28)18-10-8-9-11-24(18)33-16-20-19-15-23(31-6)22(30-5)14-17(19)12-13-27(20)25(29)32-26(2,3)4/h8-11,14-15,20-21,28H,7,12-13,16H2,1-6H3/t20-,21-/m0/s1. The van der Waals surface area contributed by atoms with E-state index in [-0.39, 0.29) is 27.1 Å². The fourth-order valence-electron chi connectivity index (χ4n) is 4.02. The molecule has 0 saturated carbocycles. The quantitative estimate of drug-likeness (QED) is 0.548. The number of hydrogen-bond acceptors (Lipinski definition) is 5.